The topological polar surface area (TPSA) is 97.3 Å². The second-order valence-electron chi connectivity index (χ2n) is 7.46. The van der Waals surface area contributed by atoms with Crippen molar-refractivity contribution in [3.8, 4) is 0 Å². The first-order valence-electron chi connectivity index (χ1n) is 8.25. The van der Waals surface area contributed by atoms with Gasteiger partial charge in [0.1, 0.15) is 31.0 Å². The Morgan fingerprint density at radius 3 is 2.50 bits per heavy atom. The molecule has 0 aromatic rings. The third kappa shape index (κ3) is 6.62. The molecule has 1 fully saturated rings. The zero-order valence-electron chi connectivity index (χ0n) is 15.6. The van der Waals surface area contributed by atoms with Gasteiger partial charge in [0.25, 0.3) is 0 Å². The number of aliphatic hydroxyl groups is 2. The minimum absolute atomic E-state index is 0.186. The van der Waals surface area contributed by atoms with Gasteiger partial charge in [-0.15, -0.1) is 0 Å². The zero-order valence-corrected chi connectivity index (χ0v) is 15.6. The first-order chi connectivity index (χ1) is 11.0. The highest BCUT2D eigenvalue weighted by molar-refractivity contribution is 5.73. The third-order valence-electron chi connectivity index (χ3n) is 3.96. The summed E-state index contributed by atoms with van der Waals surface area (Å²) in [5.41, 5.74) is 0. The number of quaternary nitrogens is 1. The normalized spacial score (nSPS) is 32.4. The number of hydrogen-bond donors (Lipinski definition) is 3. The molecule has 0 aromatic carbocycles. The molecule has 1 aliphatic rings. The van der Waals surface area contributed by atoms with E-state index in [0.717, 1.165) is 0 Å². The molecule has 24 heavy (non-hydrogen) atoms. The molecule has 8 nitrogen and oxygen atoms in total. The third-order valence-corrected chi connectivity index (χ3v) is 3.96. The summed E-state index contributed by atoms with van der Waals surface area (Å²) in [6, 6.07) is -0.535. The number of ether oxygens (including phenoxy) is 3. The van der Waals surface area contributed by atoms with Crippen LogP contribution in [0, 0.1) is 0 Å². The lowest BCUT2D eigenvalue weighted by Crippen LogP contribution is -2.63. The SMILES string of the molecule is CO[C@@H]1C(COCC(O)C[N+](C)(C)C)O[C@@H](C)C(NC(C)=O)[C@H]1O. The molecular weight excluding hydrogens is 316 g/mol. The zero-order chi connectivity index (χ0) is 18.5. The minimum Gasteiger partial charge on any atom is -0.388 e. The number of nitrogens with zero attached hydrogens (tertiary/aromatic N) is 1. The van der Waals surface area contributed by atoms with Gasteiger partial charge in [-0.1, -0.05) is 0 Å². The van der Waals surface area contributed by atoms with Crippen molar-refractivity contribution in [2.75, 3.05) is 48.0 Å². The van der Waals surface area contributed by atoms with Crippen LogP contribution < -0.4 is 5.32 Å². The van der Waals surface area contributed by atoms with Gasteiger partial charge in [-0.25, -0.2) is 0 Å². The Balaban J connectivity index is 2.54. The number of amides is 1. The van der Waals surface area contributed by atoms with Crippen molar-refractivity contribution in [3.63, 3.8) is 0 Å². The number of aliphatic hydroxyl groups excluding tert-OH is 2. The fraction of sp³-hybridized carbons (Fsp3) is 0.938. The summed E-state index contributed by atoms with van der Waals surface area (Å²) in [5.74, 6) is -0.234. The monoisotopic (exact) mass is 349 g/mol. The molecule has 0 aliphatic carbocycles. The number of likely N-dealkylation sites (N-methyl/N-ethyl adjacent to an activating group) is 1. The van der Waals surface area contributed by atoms with Crippen LogP contribution in [-0.2, 0) is 19.0 Å². The van der Waals surface area contributed by atoms with Crippen LogP contribution in [0.3, 0.4) is 0 Å². The molecule has 1 amide bonds. The van der Waals surface area contributed by atoms with Crippen molar-refractivity contribution in [2.24, 2.45) is 0 Å². The molecule has 1 saturated heterocycles. The van der Waals surface area contributed by atoms with Crippen LogP contribution in [0.25, 0.3) is 0 Å². The van der Waals surface area contributed by atoms with Crippen LogP contribution in [0.1, 0.15) is 13.8 Å². The van der Waals surface area contributed by atoms with Crippen molar-refractivity contribution in [3.05, 3.63) is 0 Å². The molecule has 1 heterocycles. The maximum atomic E-state index is 11.3. The first kappa shape index (κ1) is 21.3. The Morgan fingerprint density at radius 1 is 1.38 bits per heavy atom. The number of carbonyl (C=O) groups is 1. The quantitative estimate of drug-likeness (QED) is 0.473. The van der Waals surface area contributed by atoms with E-state index in [9.17, 15) is 15.0 Å². The van der Waals surface area contributed by atoms with Crippen LogP contribution in [0.4, 0.5) is 0 Å². The Labute approximate surface area is 144 Å². The van der Waals surface area contributed by atoms with E-state index >= 15 is 0 Å². The molecule has 0 spiro atoms. The maximum Gasteiger partial charge on any atom is 0.217 e. The molecule has 8 heteroatoms. The molecule has 0 aromatic heterocycles. The van der Waals surface area contributed by atoms with Crippen molar-refractivity contribution in [1.29, 1.82) is 0 Å². The minimum atomic E-state index is -0.896. The molecule has 1 aliphatic heterocycles. The van der Waals surface area contributed by atoms with Crippen LogP contribution in [-0.4, -0.2) is 105 Å². The van der Waals surface area contributed by atoms with Gasteiger partial charge in [-0.3, -0.25) is 4.79 Å². The smallest absolute Gasteiger partial charge is 0.217 e. The fourth-order valence-corrected chi connectivity index (χ4v) is 3.01. The van der Waals surface area contributed by atoms with E-state index in [0.29, 0.717) is 11.0 Å². The summed E-state index contributed by atoms with van der Waals surface area (Å²) in [4.78, 5) is 11.3. The molecule has 142 valence electrons. The lowest BCUT2D eigenvalue weighted by atomic mass is 9.93. The summed E-state index contributed by atoms with van der Waals surface area (Å²) >= 11 is 0. The molecule has 3 N–H and O–H groups in total. The van der Waals surface area contributed by atoms with Gasteiger partial charge in [0.15, 0.2) is 0 Å². The van der Waals surface area contributed by atoms with Gasteiger partial charge in [0.2, 0.25) is 5.91 Å². The highest BCUT2D eigenvalue weighted by atomic mass is 16.6. The van der Waals surface area contributed by atoms with Gasteiger partial charge in [0.05, 0.1) is 46.5 Å². The van der Waals surface area contributed by atoms with E-state index in [1.807, 2.05) is 21.1 Å². The average molecular weight is 349 g/mol. The van der Waals surface area contributed by atoms with E-state index in [2.05, 4.69) is 5.32 Å². The Kier molecular flexibility index (Phi) is 8.04. The van der Waals surface area contributed by atoms with Crippen LogP contribution in [0.2, 0.25) is 0 Å². The van der Waals surface area contributed by atoms with Gasteiger partial charge in [-0.05, 0) is 6.92 Å². The second kappa shape index (κ2) is 9.07. The highest BCUT2D eigenvalue weighted by Gasteiger charge is 2.44. The second-order valence-corrected chi connectivity index (χ2v) is 7.46. The molecule has 0 saturated carbocycles. The van der Waals surface area contributed by atoms with Crippen molar-refractivity contribution in [2.45, 2.75) is 50.4 Å². The molecule has 3 unspecified atom stereocenters. The van der Waals surface area contributed by atoms with E-state index in [1.165, 1.54) is 14.0 Å². The largest absolute Gasteiger partial charge is 0.388 e. The molecule has 6 atom stereocenters. The molecule has 0 bridgehead atoms. The van der Waals surface area contributed by atoms with Crippen LogP contribution in [0.5, 0.6) is 0 Å². The predicted octanol–water partition coefficient (Wildman–Crippen LogP) is -1.26. The number of methoxy groups -OCH3 is 1. The summed E-state index contributed by atoms with van der Waals surface area (Å²) in [7, 11) is 7.47. The predicted molar refractivity (Wildman–Crippen MR) is 88.5 cm³/mol. The van der Waals surface area contributed by atoms with Crippen molar-refractivity contribution >= 4 is 5.91 Å². The summed E-state index contributed by atoms with van der Waals surface area (Å²) in [6.07, 6.45) is -2.94. The number of hydrogen-bond acceptors (Lipinski definition) is 6. The summed E-state index contributed by atoms with van der Waals surface area (Å²) in [5, 5.41) is 23.1. The van der Waals surface area contributed by atoms with Gasteiger partial charge < -0.3 is 34.2 Å². The van der Waals surface area contributed by atoms with Crippen molar-refractivity contribution < 1.29 is 33.7 Å². The van der Waals surface area contributed by atoms with E-state index in [1.54, 1.807) is 6.92 Å². The first-order valence-corrected chi connectivity index (χ1v) is 8.25. The molecule has 0 radical (unpaired) electrons. The Morgan fingerprint density at radius 2 is 2.00 bits per heavy atom. The van der Waals surface area contributed by atoms with Gasteiger partial charge >= 0.3 is 0 Å². The number of carbonyl (C=O) groups excluding carboxylic acids is 1. The highest BCUT2D eigenvalue weighted by Crippen LogP contribution is 2.23. The number of nitrogens with one attached hydrogen (secondary N) is 1. The lowest BCUT2D eigenvalue weighted by Gasteiger charge is -2.43. The summed E-state index contributed by atoms with van der Waals surface area (Å²) < 4.78 is 17.4. The van der Waals surface area contributed by atoms with Crippen molar-refractivity contribution in [1.82, 2.24) is 5.32 Å². The maximum absolute atomic E-state index is 11.3. The standard InChI is InChI=1S/C16H32N2O6/c1-10-14(17-11(2)19)15(21)16(22-6)13(24-10)9-23-8-12(20)7-18(3,4)5/h10,12-16,20-21H,7-9H2,1-6H3/p+1/t10-,12?,13?,14?,15+,16+/m0/s1. The van der Waals surface area contributed by atoms with E-state index in [-0.39, 0.29) is 25.2 Å². The van der Waals surface area contributed by atoms with E-state index < -0.39 is 30.5 Å². The molecule has 1 rings (SSSR count). The Hall–Kier alpha value is -0.770. The molecular formula is C16H33N2O6+. The lowest BCUT2D eigenvalue weighted by molar-refractivity contribution is -0.873. The van der Waals surface area contributed by atoms with Gasteiger partial charge in [0, 0.05) is 14.0 Å². The fourth-order valence-electron chi connectivity index (χ4n) is 3.01. The summed E-state index contributed by atoms with van der Waals surface area (Å²) in [6.45, 7) is 4.13. The van der Waals surface area contributed by atoms with Crippen LogP contribution in [0.15, 0.2) is 0 Å². The Bertz CT molecular complexity index is 401. The van der Waals surface area contributed by atoms with E-state index in [4.69, 9.17) is 14.2 Å². The number of rotatable bonds is 8. The average Bonchev–Trinajstić information content (AvgIpc) is 2.41. The van der Waals surface area contributed by atoms with Gasteiger partial charge in [-0.2, -0.15) is 0 Å². The van der Waals surface area contributed by atoms with Crippen LogP contribution >= 0.6 is 0 Å².